The van der Waals surface area contributed by atoms with E-state index in [1.54, 1.807) is 12.3 Å². The van der Waals surface area contributed by atoms with Gasteiger partial charge in [-0.2, -0.15) is 0 Å². The Morgan fingerprint density at radius 1 is 1.06 bits per heavy atom. The molecule has 0 saturated heterocycles. The van der Waals surface area contributed by atoms with Crippen LogP contribution in [0.25, 0.3) is 0 Å². The number of hydrogen-bond donors (Lipinski definition) is 2. The van der Waals surface area contributed by atoms with Gasteiger partial charge >= 0.3 is 0 Å². The van der Waals surface area contributed by atoms with Gasteiger partial charge in [-0.3, -0.25) is 0 Å². The van der Waals surface area contributed by atoms with Crippen LogP contribution < -0.4 is 16.2 Å². The number of aromatic nitrogens is 1. The maximum Gasteiger partial charge on any atom is 0.244 e. The summed E-state index contributed by atoms with van der Waals surface area (Å²) >= 11 is 0. The minimum atomic E-state index is 0.352. The molecule has 0 aliphatic rings. The highest BCUT2D eigenvalue weighted by molar-refractivity contribution is 5.68. The highest BCUT2D eigenvalue weighted by Crippen LogP contribution is 2.33. The Hall–Kier alpha value is -2.23. The molecule has 0 aliphatic heterocycles. The zero-order chi connectivity index (χ0) is 13.3. The number of nitrogens with two attached hydrogens (primary N) is 2. The highest BCUT2D eigenvalue weighted by Gasteiger charge is 2.11. The fourth-order valence-corrected chi connectivity index (χ4v) is 1.97. The van der Waals surface area contributed by atoms with Gasteiger partial charge in [-0.25, -0.2) is 4.98 Å². The lowest BCUT2D eigenvalue weighted by Gasteiger charge is -2.13. The van der Waals surface area contributed by atoms with Crippen LogP contribution in [0.1, 0.15) is 16.7 Å². The summed E-state index contributed by atoms with van der Waals surface area (Å²) in [5.41, 5.74) is 15.7. The van der Waals surface area contributed by atoms with Gasteiger partial charge in [-0.1, -0.05) is 17.7 Å². The minimum Gasteiger partial charge on any atom is -0.436 e. The number of nitrogens with zero attached hydrogens (tertiary/aromatic N) is 1. The molecule has 0 amide bonds. The predicted molar refractivity (Wildman–Crippen MR) is 73.8 cm³/mol. The molecule has 0 fully saturated rings. The number of ether oxygens (including phenoxy) is 1. The molecular formula is C14H17N3O. The second-order valence-electron chi connectivity index (χ2n) is 4.45. The molecule has 4 heteroatoms. The molecule has 0 atom stereocenters. The van der Waals surface area contributed by atoms with E-state index in [2.05, 4.69) is 24.0 Å². The number of nitrogen functional groups attached to an aromatic ring is 2. The van der Waals surface area contributed by atoms with Crippen molar-refractivity contribution in [3.8, 4) is 11.6 Å². The quantitative estimate of drug-likeness (QED) is 0.850. The van der Waals surface area contributed by atoms with Crippen molar-refractivity contribution in [2.24, 2.45) is 0 Å². The Morgan fingerprint density at radius 2 is 1.67 bits per heavy atom. The maximum absolute atomic E-state index is 5.85. The van der Waals surface area contributed by atoms with Crippen LogP contribution in [-0.4, -0.2) is 4.98 Å². The van der Waals surface area contributed by atoms with E-state index in [-0.39, 0.29) is 0 Å². The second kappa shape index (κ2) is 4.56. The first-order valence-corrected chi connectivity index (χ1v) is 5.74. The third kappa shape index (κ3) is 2.22. The molecule has 0 aliphatic carbocycles. The molecule has 2 aromatic rings. The third-order valence-corrected chi connectivity index (χ3v) is 2.79. The molecule has 4 N–H and O–H groups in total. The zero-order valence-corrected chi connectivity index (χ0v) is 10.8. The first kappa shape index (κ1) is 12.2. The highest BCUT2D eigenvalue weighted by atomic mass is 16.5. The number of pyridine rings is 1. The topological polar surface area (TPSA) is 74.2 Å². The van der Waals surface area contributed by atoms with Crippen molar-refractivity contribution < 1.29 is 4.74 Å². The molecule has 0 bridgehead atoms. The fraction of sp³-hybridized carbons (Fsp3) is 0.214. The van der Waals surface area contributed by atoms with Crippen LogP contribution in [-0.2, 0) is 0 Å². The summed E-state index contributed by atoms with van der Waals surface area (Å²) in [7, 11) is 0. The summed E-state index contributed by atoms with van der Waals surface area (Å²) in [6, 6.07) is 5.77. The maximum atomic E-state index is 5.85. The van der Waals surface area contributed by atoms with Gasteiger partial charge < -0.3 is 16.2 Å². The van der Waals surface area contributed by atoms with E-state index in [1.165, 1.54) is 5.56 Å². The van der Waals surface area contributed by atoms with Crippen LogP contribution in [0.3, 0.4) is 0 Å². The van der Waals surface area contributed by atoms with Crippen LogP contribution in [0.2, 0.25) is 0 Å². The summed E-state index contributed by atoms with van der Waals surface area (Å²) < 4.78 is 5.79. The van der Waals surface area contributed by atoms with Crippen LogP contribution in [0.4, 0.5) is 11.4 Å². The molecule has 0 spiro atoms. The molecule has 2 rings (SSSR count). The molecule has 94 valence electrons. The molecule has 0 unspecified atom stereocenters. The van der Waals surface area contributed by atoms with Crippen molar-refractivity contribution >= 4 is 11.4 Å². The largest absolute Gasteiger partial charge is 0.436 e. The van der Waals surface area contributed by atoms with Gasteiger partial charge in [0.1, 0.15) is 11.4 Å². The fourth-order valence-electron chi connectivity index (χ4n) is 1.97. The van der Waals surface area contributed by atoms with Crippen LogP contribution in [0.15, 0.2) is 24.4 Å². The van der Waals surface area contributed by atoms with Crippen molar-refractivity contribution in [2.75, 3.05) is 11.5 Å². The van der Waals surface area contributed by atoms with Crippen LogP contribution >= 0.6 is 0 Å². The van der Waals surface area contributed by atoms with E-state index in [9.17, 15) is 0 Å². The lowest BCUT2D eigenvalue weighted by Crippen LogP contribution is -2.01. The summed E-state index contributed by atoms with van der Waals surface area (Å²) in [6.45, 7) is 6.05. The van der Waals surface area contributed by atoms with Crippen molar-refractivity contribution in [1.82, 2.24) is 4.98 Å². The van der Waals surface area contributed by atoms with E-state index in [1.807, 2.05) is 13.8 Å². The average Bonchev–Trinajstić information content (AvgIpc) is 2.28. The van der Waals surface area contributed by atoms with E-state index in [0.717, 1.165) is 16.9 Å². The number of benzene rings is 1. The van der Waals surface area contributed by atoms with Crippen LogP contribution in [0.5, 0.6) is 11.6 Å². The van der Waals surface area contributed by atoms with Gasteiger partial charge in [0.05, 0.1) is 5.69 Å². The van der Waals surface area contributed by atoms with Crippen molar-refractivity contribution in [1.29, 1.82) is 0 Å². The zero-order valence-electron chi connectivity index (χ0n) is 10.8. The van der Waals surface area contributed by atoms with Gasteiger partial charge in [-0.05, 0) is 38.0 Å². The molecule has 0 radical (unpaired) electrons. The normalized spacial score (nSPS) is 10.4. The standard InChI is InChI=1S/C14H17N3O/c1-8-6-9(2)13(10(3)7-8)18-14-12(16)11(15)4-5-17-14/h4-7H,16H2,1-3H3,(H2,15,17). The number of anilines is 2. The molecule has 1 heterocycles. The van der Waals surface area contributed by atoms with E-state index >= 15 is 0 Å². The summed E-state index contributed by atoms with van der Waals surface area (Å²) in [5, 5.41) is 0. The van der Waals surface area contributed by atoms with Crippen molar-refractivity contribution in [2.45, 2.75) is 20.8 Å². The molecule has 1 aromatic carbocycles. The molecule has 18 heavy (non-hydrogen) atoms. The predicted octanol–water partition coefficient (Wildman–Crippen LogP) is 2.96. The summed E-state index contributed by atoms with van der Waals surface area (Å²) in [5.74, 6) is 1.13. The SMILES string of the molecule is Cc1cc(C)c(Oc2nccc(N)c2N)c(C)c1. The van der Waals surface area contributed by atoms with Gasteiger partial charge in [-0.15, -0.1) is 0 Å². The monoisotopic (exact) mass is 243 g/mol. The van der Waals surface area contributed by atoms with Gasteiger partial charge in [0, 0.05) is 6.20 Å². The number of aryl methyl sites for hydroxylation is 3. The Labute approximate surface area is 107 Å². The second-order valence-corrected chi connectivity index (χ2v) is 4.45. The smallest absolute Gasteiger partial charge is 0.244 e. The Bertz CT molecular complexity index is 571. The van der Waals surface area contributed by atoms with Crippen molar-refractivity contribution in [3.05, 3.63) is 41.1 Å². The van der Waals surface area contributed by atoms with Gasteiger partial charge in [0.25, 0.3) is 0 Å². The lowest BCUT2D eigenvalue weighted by molar-refractivity contribution is 0.458. The summed E-state index contributed by atoms with van der Waals surface area (Å²) in [4.78, 5) is 4.11. The first-order chi connectivity index (χ1) is 8.49. The van der Waals surface area contributed by atoms with Gasteiger partial charge in [0.15, 0.2) is 0 Å². The first-order valence-electron chi connectivity index (χ1n) is 5.74. The molecule has 4 nitrogen and oxygen atoms in total. The summed E-state index contributed by atoms with van der Waals surface area (Å²) in [6.07, 6.45) is 1.58. The van der Waals surface area contributed by atoms with Crippen LogP contribution in [0, 0.1) is 20.8 Å². The number of rotatable bonds is 2. The van der Waals surface area contributed by atoms with Gasteiger partial charge in [0.2, 0.25) is 5.88 Å². The lowest BCUT2D eigenvalue weighted by atomic mass is 10.1. The Kier molecular flexibility index (Phi) is 3.10. The number of hydrogen-bond acceptors (Lipinski definition) is 4. The Balaban J connectivity index is 2.43. The Morgan fingerprint density at radius 3 is 2.28 bits per heavy atom. The molecule has 0 saturated carbocycles. The third-order valence-electron chi connectivity index (χ3n) is 2.79. The van der Waals surface area contributed by atoms with E-state index < -0.39 is 0 Å². The molecule has 1 aromatic heterocycles. The van der Waals surface area contributed by atoms with E-state index in [4.69, 9.17) is 16.2 Å². The minimum absolute atomic E-state index is 0.352. The van der Waals surface area contributed by atoms with Crippen molar-refractivity contribution in [3.63, 3.8) is 0 Å². The average molecular weight is 243 g/mol. The van der Waals surface area contributed by atoms with E-state index in [0.29, 0.717) is 17.3 Å². The molecular weight excluding hydrogens is 226 g/mol.